The van der Waals surface area contributed by atoms with Gasteiger partial charge in [-0.1, -0.05) is 26.7 Å². The summed E-state index contributed by atoms with van der Waals surface area (Å²) < 4.78 is 4.83. The van der Waals surface area contributed by atoms with E-state index in [2.05, 4.69) is 13.8 Å². The van der Waals surface area contributed by atoms with Gasteiger partial charge in [-0.3, -0.25) is 0 Å². The molecule has 4 nitrogen and oxygen atoms in total. The molecule has 0 radical (unpaired) electrons. The number of carbonyl (C=O) groups is 1. The number of carbonyl (C=O) groups excluding carboxylic acids is 1. The van der Waals surface area contributed by atoms with E-state index in [1.165, 1.54) is 12.8 Å². The zero-order valence-electron chi connectivity index (χ0n) is 15.1. The number of rotatable bonds is 6. The van der Waals surface area contributed by atoms with Gasteiger partial charge >= 0.3 is 5.97 Å². The van der Waals surface area contributed by atoms with Crippen LogP contribution in [-0.4, -0.2) is 23.3 Å². The van der Waals surface area contributed by atoms with Gasteiger partial charge in [0.15, 0.2) is 0 Å². The maximum absolute atomic E-state index is 10.6. The van der Waals surface area contributed by atoms with Crippen molar-refractivity contribution in [3.63, 3.8) is 0 Å². The number of cyclic esters (lactones) is 1. The summed E-state index contributed by atoms with van der Waals surface area (Å²) in [6, 6.07) is 0. The largest absolute Gasteiger partial charge is 0.447 e. The van der Waals surface area contributed by atoms with Gasteiger partial charge < -0.3 is 4.74 Å². The first kappa shape index (κ1) is 20.4. The molecule has 2 atom stereocenters. The smallest absolute Gasteiger partial charge is 0.348 e. The summed E-state index contributed by atoms with van der Waals surface area (Å²) >= 11 is 0. The summed E-state index contributed by atoms with van der Waals surface area (Å²) in [5.74, 6) is 0.496. The molecular formula is C17H34O4. The number of ether oxygens (including phenoxy) is 1. The molecule has 1 aliphatic rings. The molecule has 0 N–H and O–H groups in total. The fourth-order valence-electron chi connectivity index (χ4n) is 1.67. The van der Waals surface area contributed by atoms with Gasteiger partial charge in [0, 0.05) is 5.92 Å². The first-order chi connectivity index (χ1) is 9.50. The van der Waals surface area contributed by atoms with E-state index in [0.717, 1.165) is 12.8 Å². The van der Waals surface area contributed by atoms with Crippen molar-refractivity contribution in [2.24, 2.45) is 5.92 Å². The first-order valence-corrected chi connectivity index (χ1v) is 8.07. The number of unbranched alkanes of at least 4 members (excludes halogenated alkanes) is 1. The second-order valence-electron chi connectivity index (χ2n) is 7.56. The maximum Gasteiger partial charge on any atom is 0.348 e. The predicted molar refractivity (Wildman–Crippen MR) is 84.9 cm³/mol. The minimum Gasteiger partial charge on any atom is -0.447 e. The molecule has 0 aromatic heterocycles. The Kier molecular flexibility index (Phi) is 8.49. The third-order valence-electron chi connectivity index (χ3n) is 2.84. The number of hydrogen-bond donors (Lipinski definition) is 0. The molecular weight excluding hydrogens is 268 g/mol. The van der Waals surface area contributed by atoms with Crippen LogP contribution >= 0.6 is 0 Å². The standard InChI is InChI=1S/C9H16O2.C8H18O2/c1-3-5-6-7(4-2)8-9(10)11-8;1-7(2,3)9-10-8(4,5)6/h7-8H,3-6H2,1-2H3;1-6H3. The molecule has 2 unspecified atom stereocenters. The van der Waals surface area contributed by atoms with Crippen molar-refractivity contribution in [3.8, 4) is 0 Å². The van der Waals surface area contributed by atoms with E-state index in [4.69, 9.17) is 14.5 Å². The Hall–Kier alpha value is -0.610. The lowest BCUT2D eigenvalue weighted by atomic mass is 9.96. The van der Waals surface area contributed by atoms with Gasteiger partial charge in [0.05, 0.1) is 11.2 Å². The van der Waals surface area contributed by atoms with Crippen LogP contribution in [0.1, 0.15) is 81.1 Å². The highest BCUT2D eigenvalue weighted by Gasteiger charge is 2.43. The average molecular weight is 302 g/mol. The van der Waals surface area contributed by atoms with Crippen LogP contribution in [-0.2, 0) is 19.3 Å². The van der Waals surface area contributed by atoms with Gasteiger partial charge in [-0.15, -0.1) is 0 Å². The molecule has 0 amide bonds. The van der Waals surface area contributed by atoms with Gasteiger partial charge in [-0.25, -0.2) is 14.6 Å². The quantitative estimate of drug-likeness (QED) is 0.407. The molecule has 0 saturated carbocycles. The van der Waals surface area contributed by atoms with Crippen molar-refractivity contribution >= 4 is 5.97 Å². The van der Waals surface area contributed by atoms with Gasteiger partial charge in [-0.05, 0) is 54.4 Å². The zero-order valence-corrected chi connectivity index (χ0v) is 15.1. The molecule has 1 fully saturated rings. The van der Waals surface area contributed by atoms with E-state index in [9.17, 15) is 4.79 Å². The minimum atomic E-state index is -0.215. The zero-order chi connectivity index (χ0) is 16.7. The van der Waals surface area contributed by atoms with Crippen LogP contribution in [0, 0.1) is 5.92 Å². The lowest BCUT2D eigenvalue weighted by Crippen LogP contribution is -2.27. The Labute approximate surface area is 130 Å². The number of hydrogen-bond acceptors (Lipinski definition) is 4. The van der Waals surface area contributed by atoms with Gasteiger partial charge in [0.25, 0.3) is 0 Å². The van der Waals surface area contributed by atoms with Crippen LogP contribution in [0.15, 0.2) is 0 Å². The molecule has 4 heteroatoms. The molecule has 1 aliphatic heterocycles. The Morgan fingerprint density at radius 1 is 1.05 bits per heavy atom. The van der Waals surface area contributed by atoms with Gasteiger partial charge in [0.1, 0.15) is 0 Å². The van der Waals surface area contributed by atoms with Gasteiger partial charge in [0.2, 0.25) is 6.10 Å². The van der Waals surface area contributed by atoms with Crippen LogP contribution in [0.4, 0.5) is 0 Å². The lowest BCUT2D eigenvalue weighted by Gasteiger charge is -2.24. The highest BCUT2D eigenvalue weighted by molar-refractivity contribution is 5.87. The van der Waals surface area contributed by atoms with E-state index < -0.39 is 0 Å². The van der Waals surface area contributed by atoms with Crippen molar-refractivity contribution in [1.29, 1.82) is 0 Å². The SMILES string of the molecule is CC(C)(C)OOC(C)(C)C.CCCCC(CC)C1OC1=O. The van der Waals surface area contributed by atoms with E-state index in [0.29, 0.717) is 5.92 Å². The molecule has 0 aliphatic carbocycles. The van der Waals surface area contributed by atoms with Crippen LogP contribution in [0.25, 0.3) is 0 Å². The summed E-state index contributed by atoms with van der Waals surface area (Å²) in [6.45, 7) is 16.0. The second kappa shape index (κ2) is 8.74. The summed E-state index contributed by atoms with van der Waals surface area (Å²) in [5.41, 5.74) is -0.430. The van der Waals surface area contributed by atoms with Crippen LogP contribution in [0.3, 0.4) is 0 Å². The fraction of sp³-hybridized carbons (Fsp3) is 0.941. The predicted octanol–water partition coefficient (Wildman–Crippen LogP) is 4.66. The van der Waals surface area contributed by atoms with Crippen LogP contribution < -0.4 is 0 Å². The lowest BCUT2D eigenvalue weighted by molar-refractivity contribution is -0.393. The molecule has 21 heavy (non-hydrogen) atoms. The summed E-state index contributed by atoms with van der Waals surface area (Å²) in [4.78, 5) is 20.8. The Morgan fingerprint density at radius 3 is 1.71 bits per heavy atom. The van der Waals surface area contributed by atoms with Crippen LogP contribution in [0.2, 0.25) is 0 Å². The van der Waals surface area contributed by atoms with Crippen molar-refractivity contribution in [2.45, 2.75) is 98.4 Å². The molecule has 0 spiro atoms. The second-order valence-corrected chi connectivity index (χ2v) is 7.56. The highest BCUT2D eigenvalue weighted by atomic mass is 17.2. The van der Waals surface area contributed by atoms with Crippen molar-refractivity contribution in [2.75, 3.05) is 0 Å². The molecule has 1 saturated heterocycles. The van der Waals surface area contributed by atoms with E-state index in [-0.39, 0.29) is 23.3 Å². The summed E-state index contributed by atoms with van der Waals surface area (Å²) in [5, 5.41) is 0. The van der Waals surface area contributed by atoms with Crippen molar-refractivity contribution in [3.05, 3.63) is 0 Å². The minimum absolute atomic E-state index is 0.00736. The maximum atomic E-state index is 10.6. The highest BCUT2D eigenvalue weighted by Crippen LogP contribution is 2.28. The van der Waals surface area contributed by atoms with Crippen molar-refractivity contribution in [1.82, 2.24) is 0 Å². The Morgan fingerprint density at radius 2 is 1.48 bits per heavy atom. The molecule has 0 bridgehead atoms. The van der Waals surface area contributed by atoms with Gasteiger partial charge in [-0.2, -0.15) is 0 Å². The molecule has 1 rings (SSSR count). The Bertz CT molecular complexity index is 285. The molecule has 126 valence electrons. The van der Waals surface area contributed by atoms with Crippen molar-refractivity contribution < 1.29 is 19.3 Å². The third kappa shape index (κ3) is 11.7. The Balaban J connectivity index is 0.000000384. The molecule has 1 heterocycles. The number of epoxide rings is 1. The normalized spacial score (nSPS) is 19.4. The topological polar surface area (TPSA) is 48.1 Å². The first-order valence-electron chi connectivity index (χ1n) is 8.07. The van der Waals surface area contributed by atoms with Crippen LogP contribution in [0.5, 0.6) is 0 Å². The monoisotopic (exact) mass is 302 g/mol. The van der Waals surface area contributed by atoms with E-state index in [1.54, 1.807) is 0 Å². The molecule has 0 aromatic rings. The van der Waals surface area contributed by atoms with E-state index >= 15 is 0 Å². The third-order valence-corrected chi connectivity index (χ3v) is 2.84. The van der Waals surface area contributed by atoms with E-state index in [1.807, 2.05) is 41.5 Å². The summed E-state index contributed by atoms with van der Waals surface area (Å²) in [6.07, 6.45) is 4.59. The average Bonchev–Trinajstić information content (AvgIpc) is 3.04. The molecule has 0 aromatic carbocycles. The fourth-order valence-corrected chi connectivity index (χ4v) is 1.67. The summed E-state index contributed by atoms with van der Waals surface area (Å²) in [7, 11) is 0.